The van der Waals surface area contributed by atoms with Crippen LogP contribution in [0.4, 0.5) is 5.69 Å². The number of carbonyl (C=O) groups excluding carboxylic acids is 1. The van der Waals surface area contributed by atoms with Gasteiger partial charge in [-0.15, -0.1) is 0 Å². The molecule has 0 bridgehead atoms. The van der Waals surface area contributed by atoms with Crippen LogP contribution in [0.3, 0.4) is 0 Å². The van der Waals surface area contributed by atoms with E-state index in [9.17, 15) is 4.79 Å². The number of nitrogens with zero attached hydrogens (tertiary/aromatic N) is 1. The van der Waals surface area contributed by atoms with Gasteiger partial charge in [0, 0.05) is 30.4 Å². The molecule has 0 radical (unpaired) electrons. The third kappa shape index (κ3) is 3.39. The molecular weight excluding hydrogens is 264 g/mol. The van der Waals surface area contributed by atoms with Crippen LogP contribution >= 0.6 is 11.6 Å². The molecule has 0 aliphatic carbocycles. The Labute approximate surface area is 118 Å². The topological polar surface area (TPSA) is 55.6 Å². The minimum absolute atomic E-state index is 0.0463. The van der Waals surface area contributed by atoms with Crippen molar-refractivity contribution >= 4 is 23.2 Å². The molecule has 104 valence electrons. The monoisotopic (exact) mass is 282 g/mol. The van der Waals surface area contributed by atoms with Crippen molar-refractivity contribution in [3.05, 3.63) is 28.8 Å². The number of nitrogen functional groups attached to an aromatic ring is 1. The fourth-order valence-electron chi connectivity index (χ4n) is 2.35. The Bertz CT molecular complexity index is 457. The lowest BCUT2D eigenvalue weighted by molar-refractivity contribution is 0.0146. The van der Waals surface area contributed by atoms with Crippen LogP contribution in [0, 0.1) is 0 Å². The van der Waals surface area contributed by atoms with Crippen LogP contribution in [-0.2, 0) is 4.74 Å². The number of piperidine rings is 1. The van der Waals surface area contributed by atoms with E-state index in [4.69, 9.17) is 22.1 Å². The predicted molar refractivity (Wildman–Crippen MR) is 76.4 cm³/mol. The highest BCUT2D eigenvalue weighted by Gasteiger charge is 2.24. The zero-order valence-electron chi connectivity index (χ0n) is 11.1. The van der Waals surface area contributed by atoms with Crippen molar-refractivity contribution in [2.24, 2.45) is 0 Å². The summed E-state index contributed by atoms with van der Waals surface area (Å²) in [6.07, 6.45) is 2.02. The van der Waals surface area contributed by atoms with E-state index < -0.39 is 0 Å². The van der Waals surface area contributed by atoms with Gasteiger partial charge in [-0.2, -0.15) is 0 Å². The van der Waals surface area contributed by atoms with Gasteiger partial charge in [0.2, 0.25) is 0 Å². The third-order valence-corrected chi connectivity index (χ3v) is 3.61. The van der Waals surface area contributed by atoms with Crippen molar-refractivity contribution < 1.29 is 9.53 Å². The smallest absolute Gasteiger partial charge is 0.255 e. The van der Waals surface area contributed by atoms with E-state index >= 15 is 0 Å². The molecule has 1 amide bonds. The first-order valence-corrected chi connectivity index (χ1v) is 6.95. The number of likely N-dealkylation sites (tertiary alicyclic amines) is 1. The first-order chi connectivity index (χ1) is 9.11. The molecule has 1 aromatic rings. The number of nitrogens with two attached hydrogens (primary N) is 1. The second-order valence-corrected chi connectivity index (χ2v) is 5.11. The maximum Gasteiger partial charge on any atom is 0.255 e. The molecule has 0 atom stereocenters. The molecule has 1 fully saturated rings. The van der Waals surface area contributed by atoms with E-state index in [1.165, 1.54) is 0 Å². The number of hydrogen-bond acceptors (Lipinski definition) is 3. The van der Waals surface area contributed by atoms with Gasteiger partial charge in [0.1, 0.15) is 0 Å². The number of benzene rings is 1. The maximum absolute atomic E-state index is 12.4. The normalized spacial score (nSPS) is 16.6. The Balaban J connectivity index is 2.03. The lowest BCUT2D eigenvalue weighted by Crippen LogP contribution is -2.41. The van der Waals surface area contributed by atoms with Gasteiger partial charge in [-0.1, -0.05) is 11.6 Å². The summed E-state index contributed by atoms with van der Waals surface area (Å²) in [5, 5.41) is 0.529. The predicted octanol–water partition coefficient (Wildman–Crippen LogP) is 2.56. The zero-order valence-corrected chi connectivity index (χ0v) is 11.8. The molecule has 2 rings (SSSR count). The first kappa shape index (κ1) is 14.2. The molecular formula is C14H19ClN2O2. The van der Waals surface area contributed by atoms with Gasteiger partial charge in [0.15, 0.2) is 0 Å². The minimum atomic E-state index is -0.0463. The lowest BCUT2D eigenvalue weighted by Gasteiger charge is -2.32. The molecule has 19 heavy (non-hydrogen) atoms. The highest BCUT2D eigenvalue weighted by Crippen LogP contribution is 2.22. The van der Waals surface area contributed by atoms with Crippen LogP contribution < -0.4 is 5.73 Å². The molecule has 4 nitrogen and oxygen atoms in total. The largest absolute Gasteiger partial charge is 0.398 e. The number of amides is 1. The van der Waals surface area contributed by atoms with Gasteiger partial charge in [0.05, 0.1) is 11.7 Å². The van der Waals surface area contributed by atoms with Crippen molar-refractivity contribution in [1.29, 1.82) is 0 Å². The zero-order chi connectivity index (χ0) is 13.8. The van der Waals surface area contributed by atoms with Gasteiger partial charge in [0.25, 0.3) is 5.91 Å². The van der Waals surface area contributed by atoms with Crippen molar-refractivity contribution in [2.45, 2.75) is 25.9 Å². The van der Waals surface area contributed by atoms with Crippen molar-refractivity contribution in [3.63, 3.8) is 0 Å². The highest BCUT2D eigenvalue weighted by atomic mass is 35.5. The molecule has 1 heterocycles. The summed E-state index contributed by atoms with van der Waals surface area (Å²) in [7, 11) is 0. The Morgan fingerprint density at radius 2 is 2.16 bits per heavy atom. The lowest BCUT2D eigenvalue weighted by atomic mass is 10.1. The minimum Gasteiger partial charge on any atom is -0.398 e. The molecule has 1 saturated heterocycles. The van der Waals surface area contributed by atoms with Crippen LogP contribution in [0.5, 0.6) is 0 Å². The van der Waals surface area contributed by atoms with Gasteiger partial charge in [-0.05, 0) is 38.0 Å². The SMILES string of the molecule is CCOC1CCN(C(=O)c2cc(Cl)ccc2N)CC1. The Morgan fingerprint density at radius 3 is 2.79 bits per heavy atom. The second kappa shape index (κ2) is 6.26. The van der Waals surface area contributed by atoms with Crippen molar-refractivity contribution in [1.82, 2.24) is 4.90 Å². The molecule has 0 saturated carbocycles. The number of carbonyl (C=O) groups is 1. The molecule has 1 aromatic carbocycles. The first-order valence-electron chi connectivity index (χ1n) is 6.57. The standard InChI is InChI=1S/C14H19ClN2O2/c1-2-19-11-5-7-17(8-6-11)14(18)12-9-10(15)3-4-13(12)16/h3-4,9,11H,2,5-8,16H2,1H3. The van der Waals surface area contributed by atoms with Crippen molar-refractivity contribution in [2.75, 3.05) is 25.4 Å². The highest BCUT2D eigenvalue weighted by molar-refractivity contribution is 6.31. The summed E-state index contributed by atoms with van der Waals surface area (Å²) in [5.74, 6) is -0.0463. The van der Waals surface area contributed by atoms with Gasteiger partial charge >= 0.3 is 0 Å². The van der Waals surface area contributed by atoms with Crippen LogP contribution in [0.1, 0.15) is 30.1 Å². The molecule has 0 aromatic heterocycles. The second-order valence-electron chi connectivity index (χ2n) is 4.68. The van der Waals surface area contributed by atoms with Crippen LogP contribution in [0.2, 0.25) is 5.02 Å². The summed E-state index contributed by atoms with van der Waals surface area (Å²) in [4.78, 5) is 14.2. The summed E-state index contributed by atoms with van der Waals surface area (Å²) >= 11 is 5.92. The number of anilines is 1. The van der Waals surface area contributed by atoms with E-state index in [0.717, 1.165) is 19.4 Å². The number of halogens is 1. The summed E-state index contributed by atoms with van der Waals surface area (Å²) in [5.41, 5.74) is 6.80. The Kier molecular flexibility index (Phi) is 4.66. The van der Waals surface area contributed by atoms with Crippen LogP contribution in [0.15, 0.2) is 18.2 Å². The molecule has 0 unspecified atom stereocenters. The van der Waals surface area contributed by atoms with Gasteiger partial charge < -0.3 is 15.4 Å². The summed E-state index contributed by atoms with van der Waals surface area (Å²) < 4.78 is 5.58. The number of rotatable bonds is 3. The summed E-state index contributed by atoms with van der Waals surface area (Å²) in [6, 6.07) is 4.99. The van der Waals surface area contributed by atoms with Gasteiger partial charge in [-0.3, -0.25) is 4.79 Å². The Hall–Kier alpha value is -1.26. The van der Waals surface area contributed by atoms with E-state index in [1.54, 1.807) is 18.2 Å². The maximum atomic E-state index is 12.4. The fourth-order valence-corrected chi connectivity index (χ4v) is 2.52. The van der Waals surface area contributed by atoms with E-state index in [2.05, 4.69) is 0 Å². The average molecular weight is 283 g/mol. The average Bonchev–Trinajstić information content (AvgIpc) is 2.42. The molecule has 0 spiro atoms. The van der Waals surface area contributed by atoms with Crippen molar-refractivity contribution in [3.8, 4) is 0 Å². The number of ether oxygens (including phenoxy) is 1. The molecule has 5 heteroatoms. The Morgan fingerprint density at radius 1 is 1.47 bits per heavy atom. The summed E-state index contributed by atoms with van der Waals surface area (Å²) in [6.45, 7) is 4.12. The fraction of sp³-hybridized carbons (Fsp3) is 0.500. The number of hydrogen-bond donors (Lipinski definition) is 1. The molecule has 1 aliphatic heterocycles. The van der Waals surface area contributed by atoms with Crippen LogP contribution in [0.25, 0.3) is 0 Å². The third-order valence-electron chi connectivity index (χ3n) is 3.38. The van der Waals surface area contributed by atoms with E-state index in [0.29, 0.717) is 29.4 Å². The van der Waals surface area contributed by atoms with Crippen LogP contribution in [-0.4, -0.2) is 36.6 Å². The quantitative estimate of drug-likeness (QED) is 0.867. The van der Waals surface area contributed by atoms with E-state index in [1.807, 2.05) is 11.8 Å². The van der Waals surface area contributed by atoms with E-state index in [-0.39, 0.29) is 12.0 Å². The molecule has 2 N–H and O–H groups in total. The van der Waals surface area contributed by atoms with Gasteiger partial charge in [-0.25, -0.2) is 0 Å². The molecule has 1 aliphatic rings.